The summed E-state index contributed by atoms with van der Waals surface area (Å²) in [4.78, 5) is 37.6. The fourth-order valence-electron chi connectivity index (χ4n) is 2.92. The van der Waals surface area contributed by atoms with Crippen molar-refractivity contribution in [3.05, 3.63) is 72.1 Å². The number of hydrogen-bond acceptors (Lipinski definition) is 6. The van der Waals surface area contributed by atoms with E-state index in [1.54, 1.807) is 4.57 Å². The van der Waals surface area contributed by atoms with Crippen LogP contribution in [0.4, 0.5) is 11.4 Å². The van der Waals surface area contributed by atoms with Crippen molar-refractivity contribution in [1.29, 1.82) is 0 Å². The van der Waals surface area contributed by atoms with E-state index >= 15 is 0 Å². The third-order valence-electron chi connectivity index (χ3n) is 4.13. The highest BCUT2D eigenvalue weighted by molar-refractivity contribution is 7.16. The number of amides is 1. The first-order valence-corrected chi connectivity index (χ1v) is 9.10. The Morgan fingerprint density at radius 2 is 1.76 bits per heavy atom. The summed E-state index contributed by atoms with van der Waals surface area (Å²) >= 11 is 1.26. The summed E-state index contributed by atoms with van der Waals surface area (Å²) in [5.41, 5.74) is 1.47. The summed E-state index contributed by atoms with van der Waals surface area (Å²) < 4.78 is 2.60. The Bertz CT molecular complexity index is 1260. The third kappa shape index (κ3) is 3.90. The van der Waals surface area contributed by atoms with Crippen molar-refractivity contribution in [3.63, 3.8) is 0 Å². The van der Waals surface area contributed by atoms with Crippen LogP contribution in [0.15, 0.2) is 35.3 Å². The molecule has 146 valence electrons. The molecule has 0 atom stereocenters. The molecule has 3 rings (SSSR count). The van der Waals surface area contributed by atoms with Crippen molar-refractivity contribution in [3.8, 4) is 12.3 Å². The number of nitrogens with zero attached hydrogens (tertiary/aromatic N) is 4. The molecule has 3 aromatic rings. The Morgan fingerprint density at radius 1 is 1.14 bits per heavy atom. The molecule has 0 fully saturated rings. The van der Waals surface area contributed by atoms with E-state index in [-0.39, 0.29) is 12.1 Å². The monoisotopic (exact) mass is 410 g/mol. The SMILES string of the molecule is C#CCn1c(=NC(=O)c2cc([N+](=O)[O-])cc([N+](=O)[O-])c2)sc2c(C)cc(C)cc21. The zero-order valence-electron chi connectivity index (χ0n) is 15.4. The third-order valence-corrected chi connectivity index (χ3v) is 5.36. The smallest absolute Gasteiger partial charge is 0.280 e. The summed E-state index contributed by atoms with van der Waals surface area (Å²) in [7, 11) is 0. The molecule has 1 heterocycles. The number of non-ortho nitro benzene ring substituents is 2. The Balaban J connectivity index is 2.22. The summed E-state index contributed by atoms with van der Waals surface area (Å²) in [6.45, 7) is 4.04. The van der Waals surface area contributed by atoms with Gasteiger partial charge in [-0.1, -0.05) is 23.3 Å². The van der Waals surface area contributed by atoms with Gasteiger partial charge in [-0.15, -0.1) is 6.42 Å². The fourth-order valence-corrected chi connectivity index (χ4v) is 4.00. The first kappa shape index (κ1) is 19.9. The highest BCUT2D eigenvalue weighted by atomic mass is 32.1. The molecule has 1 amide bonds. The number of carbonyl (C=O) groups is 1. The molecule has 29 heavy (non-hydrogen) atoms. The van der Waals surface area contributed by atoms with E-state index in [4.69, 9.17) is 6.42 Å². The van der Waals surface area contributed by atoms with Gasteiger partial charge >= 0.3 is 0 Å². The number of terminal acetylenes is 1. The predicted octanol–water partition coefficient (Wildman–Crippen LogP) is 3.51. The molecule has 0 radical (unpaired) electrons. The Morgan fingerprint density at radius 3 is 2.31 bits per heavy atom. The minimum atomic E-state index is -0.830. The van der Waals surface area contributed by atoms with Gasteiger partial charge in [0.1, 0.15) is 0 Å². The van der Waals surface area contributed by atoms with E-state index in [1.807, 2.05) is 26.0 Å². The minimum absolute atomic E-state index is 0.171. The highest BCUT2D eigenvalue weighted by Crippen LogP contribution is 2.25. The van der Waals surface area contributed by atoms with E-state index in [0.717, 1.165) is 39.5 Å². The van der Waals surface area contributed by atoms with Crippen LogP contribution in [0.3, 0.4) is 0 Å². The quantitative estimate of drug-likeness (QED) is 0.370. The Hall–Kier alpha value is -3.84. The van der Waals surface area contributed by atoms with Crippen molar-refractivity contribution in [2.24, 2.45) is 4.99 Å². The van der Waals surface area contributed by atoms with Crippen molar-refractivity contribution in [2.75, 3.05) is 0 Å². The van der Waals surface area contributed by atoms with Gasteiger partial charge < -0.3 is 4.57 Å². The van der Waals surface area contributed by atoms with Gasteiger partial charge in [-0.05, 0) is 31.0 Å². The van der Waals surface area contributed by atoms with Crippen LogP contribution < -0.4 is 4.80 Å². The zero-order valence-corrected chi connectivity index (χ0v) is 16.2. The van der Waals surface area contributed by atoms with Crippen molar-refractivity contribution in [1.82, 2.24) is 4.57 Å². The van der Waals surface area contributed by atoms with Gasteiger partial charge in [-0.3, -0.25) is 25.0 Å². The van der Waals surface area contributed by atoms with Gasteiger partial charge in [-0.2, -0.15) is 4.99 Å². The lowest BCUT2D eigenvalue weighted by Gasteiger charge is -2.03. The molecule has 2 aromatic carbocycles. The van der Waals surface area contributed by atoms with Crippen LogP contribution in [-0.4, -0.2) is 20.3 Å². The van der Waals surface area contributed by atoms with Crippen LogP contribution in [0, 0.1) is 46.4 Å². The first-order chi connectivity index (χ1) is 13.7. The lowest BCUT2D eigenvalue weighted by atomic mass is 10.1. The summed E-state index contributed by atoms with van der Waals surface area (Å²) in [5, 5.41) is 22.1. The maximum atomic E-state index is 12.7. The number of aromatic nitrogens is 1. The number of hydrogen-bond donors (Lipinski definition) is 0. The average molecular weight is 410 g/mol. The number of fused-ring (bicyclic) bond motifs is 1. The molecule has 0 aliphatic rings. The lowest BCUT2D eigenvalue weighted by molar-refractivity contribution is -0.394. The maximum Gasteiger partial charge on any atom is 0.280 e. The number of rotatable bonds is 4. The van der Waals surface area contributed by atoms with Crippen molar-refractivity contribution >= 4 is 38.8 Å². The van der Waals surface area contributed by atoms with Gasteiger partial charge in [0.15, 0.2) is 4.80 Å². The normalized spacial score (nSPS) is 11.4. The molecule has 0 unspecified atom stereocenters. The van der Waals surface area contributed by atoms with E-state index in [2.05, 4.69) is 10.9 Å². The molecule has 0 N–H and O–H groups in total. The van der Waals surface area contributed by atoms with Crippen molar-refractivity contribution in [2.45, 2.75) is 20.4 Å². The highest BCUT2D eigenvalue weighted by Gasteiger charge is 2.20. The van der Waals surface area contributed by atoms with Crippen LogP contribution in [-0.2, 0) is 6.54 Å². The lowest BCUT2D eigenvalue weighted by Crippen LogP contribution is -2.16. The zero-order chi connectivity index (χ0) is 21.3. The summed E-state index contributed by atoms with van der Waals surface area (Å²) in [6, 6.07) is 6.65. The first-order valence-electron chi connectivity index (χ1n) is 8.28. The van der Waals surface area contributed by atoms with Gasteiger partial charge in [0, 0.05) is 12.1 Å². The van der Waals surface area contributed by atoms with E-state index in [9.17, 15) is 25.0 Å². The number of aryl methyl sites for hydroxylation is 2. The van der Waals surface area contributed by atoms with E-state index < -0.39 is 27.1 Å². The Labute approximate surface area is 168 Å². The molecule has 0 bridgehead atoms. The maximum absolute atomic E-state index is 12.7. The van der Waals surface area contributed by atoms with Gasteiger partial charge in [-0.25, -0.2) is 0 Å². The number of benzene rings is 2. The Kier molecular flexibility index (Phi) is 5.25. The van der Waals surface area contributed by atoms with Crippen LogP contribution in [0.1, 0.15) is 21.5 Å². The largest absolute Gasteiger partial charge is 0.305 e. The molecular weight excluding hydrogens is 396 g/mol. The van der Waals surface area contributed by atoms with E-state index in [0.29, 0.717) is 4.80 Å². The number of carbonyl (C=O) groups excluding carboxylic acids is 1. The molecule has 0 saturated heterocycles. The van der Waals surface area contributed by atoms with Crippen LogP contribution in [0.5, 0.6) is 0 Å². The second kappa shape index (κ2) is 7.65. The predicted molar refractivity (Wildman–Crippen MR) is 108 cm³/mol. The average Bonchev–Trinajstić information content (AvgIpc) is 2.99. The topological polar surface area (TPSA) is 121 Å². The van der Waals surface area contributed by atoms with Crippen LogP contribution in [0.25, 0.3) is 10.2 Å². The molecule has 9 nitrogen and oxygen atoms in total. The molecule has 0 aliphatic carbocycles. The molecule has 0 saturated carbocycles. The molecule has 1 aromatic heterocycles. The summed E-state index contributed by atoms with van der Waals surface area (Å²) in [6.07, 6.45) is 5.46. The fraction of sp³-hybridized carbons (Fsp3) is 0.158. The van der Waals surface area contributed by atoms with E-state index in [1.165, 1.54) is 11.3 Å². The molecule has 0 aliphatic heterocycles. The van der Waals surface area contributed by atoms with Gasteiger partial charge in [0.05, 0.1) is 38.2 Å². The van der Waals surface area contributed by atoms with Crippen LogP contribution in [0.2, 0.25) is 0 Å². The second-order valence-corrected chi connectivity index (χ2v) is 7.25. The number of nitro benzene ring substituents is 2. The van der Waals surface area contributed by atoms with Crippen LogP contribution >= 0.6 is 11.3 Å². The number of nitro groups is 2. The standard InChI is InChI=1S/C19H14N4O5S/c1-4-5-21-16-7-11(2)6-12(3)17(16)29-19(21)20-18(24)13-8-14(22(25)26)10-15(9-13)23(27)28/h1,6-10H,5H2,2-3H3. The molecule has 0 spiro atoms. The molecule has 10 heteroatoms. The molecular formula is C19H14N4O5S. The minimum Gasteiger partial charge on any atom is -0.305 e. The van der Waals surface area contributed by atoms with Gasteiger partial charge in [0.25, 0.3) is 17.3 Å². The summed E-state index contributed by atoms with van der Waals surface area (Å²) in [5.74, 6) is 1.69. The van der Waals surface area contributed by atoms with Crippen molar-refractivity contribution < 1.29 is 14.6 Å². The van der Waals surface area contributed by atoms with Gasteiger partial charge in [0.2, 0.25) is 0 Å². The second-order valence-electron chi connectivity index (χ2n) is 6.27. The number of thiazole rings is 1.